The van der Waals surface area contributed by atoms with Gasteiger partial charge in [-0.25, -0.2) is 9.97 Å². The molecule has 0 radical (unpaired) electrons. The number of halogens is 1. The molecule has 19 heavy (non-hydrogen) atoms. The van der Waals surface area contributed by atoms with Crippen molar-refractivity contribution in [3.63, 3.8) is 0 Å². The molecule has 0 spiro atoms. The summed E-state index contributed by atoms with van der Waals surface area (Å²) in [4.78, 5) is 10.9. The molecule has 2 rings (SSSR count). The van der Waals surface area contributed by atoms with E-state index in [1.54, 1.807) is 13.4 Å². The molecule has 0 aromatic carbocycles. The first-order valence-corrected chi connectivity index (χ1v) is 7.31. The lowest BCUT2D eigenvalue weighted by atomic mass is 10.1. The Morgan fingerprint density at radius 3 is 2.79 bits per heavy atom. The van der Waals surface area contributed by atoms with E-state index in [1.807, 2.05) is 0 Å². The third-order valence-electron chi connectivity index (χ3n) is 3.83. The Kier molecular flexibility index (Phi) is 4.99. The van der Waals surface area contributed by atoms with Crippen LogP contribution in [0, 0.1) is 5.92 Å². The van der Waals surface area contributed by atoms with Crippen molar-refractivity contribution in [1.29, 1.82) is 0 Å². The summed E-state index contributed by atoms with van der Waals surface area (Å²) < 4.78 is 5.23. The van der Waals surface area contributed by atoms with E-state index < -0.39 is 0 Å². The highest BCUT2D eigenvalue weighted by atomic mass is 35.5. The Bertz CT molecular complexity index is 423. The summed E-state index contributed by atoms with van der Waals surface area (Å²) in [5.74, 6) is 1.74. The maximum atomic E-state index is 6.20. The van der Waals surface area contributed by atoms with Gasteiger partial charge in [0.15, 0.2) is 0 Å². The number of nitrogens with zero attached hydrogens (tertiary/aromatic N) is 3. The number of rotatable bonds is 7. The fraction of sp³-hybridized carbons (Fsp3) is 0.714. The molecular weight excluding hydrogens is 262 g/mol. The lowest BCUT2D eigenvalue weighted by Crippen LogP contribution is -2.38. The molecule has 0 aliphatic heterocycles. The normalized spacial score (nSPS) is 16.4. The average Bonchev–Trinajstić information content (AvgIpc) is 3.23. The fourth-order valence-electron chi connectivity index (χ4n) is 2.46. The van der Waals surface area contributed by atoms with Crippen LogP contribution in [0.2, 0.25) is 5.15 Å². The van der Waals surface area contributed by atoms with E-state index in [-0.39, 0.29) is 0 Å². The Morgan fingerprint density at radius 2 is 2.21 bits per heavy atom. The maximum absolute atomic E-state index is 6.20. The monoisotopic (exact) mass is 283 g/mol. The summed E-state index contributed by atoms with van der Waals surface area (Å²) in [6.45, 7) is 5.89. The van der Waals surface area contributed by atoms with Crippen molar-refractivity contribution in [2.45, 2.75) is 39.2 Å². The third-order valence-corrected chi connectivity index (χ3v) is 4.15. The smallest absolute Gasteiger partial charge is 0.137 e. The van der Waals surface area contributed by atoms with Gasteiger partial charge in [0.1, 0.15) is 17.3 Å². The molecule has 4 nitrogen and oxygen atoms in total. The van der Waals surface area contributed by atoms with Gasteiger partial charge in [-0.2, -0.15) is 0 Å². The van der Waals surface area contributed by atoms with E-state index in [9.17, 15) is 0 Å². The number of methoxy groups -OCH3 is 1. The van der Waals surface area contributed by atoms with Gasteiger partial charge >= 0.3 is 0 Å². The zero-order valence-corrected chi connectivity index (χ0v) is 12.7. The van der Waals surface area contributed by atoms with Crippen LogP contribution in [0.15, 0.2) is 6.33 Å². The molecule has 1 aromatic heterocycles. The van der Waals surface area contributed by atoms with Crippen molar-refractivity contribution in [3.05, 3.63) is 17.0 Å². The standard InChI is InChI=1S/C14H22ClN3O/c1-4-12-13(15)16-9-17-14(12)18(7-8-19-3)10(2)11-5-6-11/h9-11H,4-8H2,1-3H3. The molecule has 1 aliphatic carbocycles. The average molecular weight is 284 g/mol. The minimum atomic E-state index is 0.478. The first kappa shape index (κ1) is 14.5. The number of aromatic nitrogens is 2. The Morgan fingerprint density at radius 1 is 1.47 bits per heavy atom. The zero-order valence-electron chi connectivity index (χ0n) is 11.9. The van der Waals surface area contributed by atoms with Crippen molar-refractivity contribution in [1.82, 2.24) is 9.97 Å². The fourth-order valence-corrected chi connectivity index (χ4v) is 2.72. The van der Waals surface area contributed by atoms with Gasteiger partial charge in [-0.1, -0.05) is 18.5 Å². The molecule has 106 valence electrons. The molecule has 1 fully saturated rings. The van der Waals surface area contributed by atoms with Crippen LogP contribution in [0.4, 0.5) is 5.82 Å². The van der Waals surface area contributed by atoms with Crippen molar-refractivity contribution in [2.24, 2.45) is 5.92 Å². The summed E-state index contributed by atoms with van der Waals surface area (Å²) in [5, 5.41) is 0.568. The summed E-state index contributed by atoms with van der Waals surface area (Å²) in [5.41, 5.74) is 1.03. The van der Waals surface area contributed by atoms with Crippen molar-refractivity contribution >= 4 is 17.4 Å². The van der Waals surface area contributed by atoms with Crippen molar-refractivity contribution in [2.75, 3.05) is 25.2 Å². The van der Waals surface area contributed by atoms with Gasteiger partial charge in [0.25, 0.3) is 0 Å². The topological polar surface area (TPSA) is 38.2 Å². The van der Waals surface area contributed by atoms with Crippen LogP contribution in [0.1, 0.15) is 32.3 Å². The Hall–Kier alpha value is -0.870. The van der Waals surface area contributed by atoms with E-state index in [4.69, 9.17) is 16.3 Å². The lowest BCUT2D eigenvalue weighted by Gasteiger charge is -2.31. The molecule has 1 heterocycles. The minimum Gasteiger partial charge on any atom is -0.383 e. The first-order valence-electron chi connectivity index (χ1n) is 6.94. The van der Waals surface area contributed by atoms with Crippen LogP contribution in [0.25, 0.3) is 0 Å². The van der Waals surface area contributed by atoms with Crippen LogP contribution in [0.5, 0.6) is 0 Å². The molecule has 1 atom stereocenters. The van der Waals surface area contributed by atoms with Crippen LogP contribution < -0.4 is 4.90 Å². The second-order valence-corrected chi connectivity index (χ2v) is 5.44. The van der Waals surface area contributed by atoms with Gasteiger partial charge in [-0.3, -0.25) is 0 Å². The molecule has 1 unspecified atom stereocenters. The molecule has 0 amide bonds. The third kappa shape index (κ3) is 3.37. The lowest BCUT2D eigenvalue weighted by molar-refractivity contribution is 0.202. The Labute approximate surface area is 120 Å². The zero-order chi connectivity index (χ0) is 13.8. The summed E-state index contributed by atoms with van der Waals surface area (Å²) >= 11 is 6.20. The molecule has 0 N–H and O–H groups in total. The SMILES string of the molecule is CCc1c(Cl)ncnc1N(CCOC)C(C)C1CC1. The van der Waals surface area contributed by atoms with Gasteiger partial charge in [0, 0.05) is 25.3 Å². The quantitative estimate of drug-likeness (QED) is 0.721. The molecule has 1 aliphatic rings. The van der Waals surface area contributed by atoms with Crippen LogP contribution in [-0.4, -0.2) is 36.3 Å². The number of ether oxygens (including phenoxy) is 1. The molecule has 1 saturated carbocycles. The van der Waals surface area contributed by atoms with Gasteiger partial charge in [-0.15, -0.1) is 0 Å². The van der Waals surface area contributed by atoms with E-state index in [0.717, 1.165) is 30.3 Å². The van der Waals surface area contributed by atoms with E-state index in [0.29, 0.717) is 17.8 Å². The van der Waals surface area contributed by atoms with E-state index in [1.165, 1.54) is 12.8 Å². The predicted molar refractivity (Wildman–Crippen MR) is 77.8 cm³/mol. The van der Waals surface area contributed by atoms with Gasteiger partial charge in [-0.05, 0) is 32.1 Å². The summed E-state index contributed by atoms with van der Waals surface area (Å²) in [7, 11) is 1.73. The number of hydrogen-bond acceptors (Lipinski definition) is 4. The van der Waals surface area contributed by atoms with E-state index in [2.05, 4.69) is 28.7 Å². The maximum Gasteiger partial charge on any atom is 0.137 e. The Balaban J connectivity index is 2.28. The highest BCUT2D eigenvalue weighted by molar-refractivity contribution is 6.30. The summed E-state index contributed by atoms with van der Waals surface area (Å²) in [6.07, 6.45) is 5.02. The highest BCUT2D eigenvalue weighted by Crippen LogP contribution is 2.37. The molecule has 1 aromatic rings. The summed E-state index contributed by atoms with van der Waals surface area (Å²) in [6, 6.07) is 0.478. The molecule has 0 bridgehead atoms. The van der Waals surface area contributed by atoms with E-state index >= 15 is 0 Å². The second kappa shape index (κ2) is 6.53. The highest BCUT2D eigenvalue weighted by Gasteiger charge is 2.33. The van der Waals surface area contributed by atoms with Crippen molar-refractivity contribution in [3.8, 4) is 0 Å². The van der Waals surface area contributed by atoms with Gasteiger partial charge in [0.2, 0.25) is 0 Å². The van der Waals surface area contributed by atoms with Crippen LogP contribution in [0.3, 0.4) is 0 Å². The second-order valence-electron chi connectivity index (χ2n) is 5.08. The van der Waals surface area contributed by atoms with Crippen LogP contribution in [-0.2, 0) is 11.2 Å². The van der Waals surface area contributed by atoms with Gasteiger partial charge in [0.05, 0.1) is 6.61 Å². The molecular formula is C14H22ClN3O. The van der Waals surface area contributed by atoms with Gasteiger partial charge < -0.3 is 9.64 Å². The molecule has 5 heteroatoms. The largest absolute Gasteiger partial charge is 0.383 e. The predicted octanol–water partition coefficient (Wildman–Crippen LogP) is 2.94. The van der Waals surface area contributed by atoms with Crippen LogP contribution >= 0.6 is 11.6 Å². The molecule has 0 saturated heterocycles. The number of anilines is 1. The first-order chi connectivity index (χ1) is 9.19. The number of hydrogen-bond donors (Lipinski definition) is 0. The minimum absolute atomic E-state index is 0.478. The van der Waals surface area contributed by atoms with Crippen molar-refractivity contribution < 1.29 is 4.74 Å².